The van der Waals surface area contributed by atoms with Gasteiger partial charge in [0.1, 0.15) is 0 Å². The van der Waals surface area contributed by atoms with Crippen LogP contribution in [0.5, 0.6) is 0 Å². The molecular formula is C4H19AlBClLiN2O. The van der Waals surface area contributed by atoms with Gasteiger partial charge in [-0.3, -0.25) is 0 Å². The molecule has 7 heteroatoms. The molecule has 1 aliphatic heterocycles. The largest absolute Gasteiger partial charge is 1.00 e. The van der Waals surface area contributed by atoms with Crippen molar-refractivity contribution in [1.29, 1.82) is 0 Å². The molecule has 0 aromatic rings. The minimum Gasteiger partial charge on any atom is -1.00 e. The van der Waals surface area contributed by atoms with E-state index >= 15 is 0 Å². The van der Waals surface area contributed by atoms with Gasteiger partial charge in [0.2, 0.25) is 0 Å². The molecule has 0 unspecified atom stereocenters. The summed E-state index contributed by atoms with van der Waals surface area (Å²) in [6, 6.07) is 0. The average molecular weight is 191 g/mol. The van der Waals surface area contributed by atoms with Gasteiger partial charge in [-0.15, -0.1) is 12.4 Å². The second-order valence-electron chi connectivity index (χ2n) is 1.32. The molecule has 0 aromatic heterocycles. The van der Waals surface area contributed by atoms with Crippen LogP contribution in [0.3, 0.4) is 0 Å². The van der Waals surface area contributed by atoms with E-state index in [0.29, 0.717) is 0 Å². The van der Waals surface area contributed by atoms with Crippen molar-refractivity contribution in [3.63, 3.8) is 0 Å². The molecule has 0 aromatic carbocycles. The third-order valence-corrected chi connectivity index (χ3v) is 0.827. The Balaban J connectivity index is -0.00000000714. The zero-order valence-corrected chi connectivity index (χ0v) is 7.45. The molecule has 65 valence electrons. The van der Waals surface area contributed by atoms with Gasteiger partial charge in [0.05, 0.1) is 0 Å². The van der Waals surface area contributed by atoms with Crippen molar-refractivity contribution in [1.82, 2.24) is 12.3 Å². The van der Waals surface area contributed by atoms with Gasteiger partial charge in [0, 0.05) is 21.6 Å². The average Bonchev–Trinajstić information content (AvgIpc) is 1.76. The summed E-state index contributed by atoms with van der Waals surface area (Å²) in [6.45, 7) is 2.00. The normalized spacial score (nSPS) is 10.9. The molecule has 6 N–H and O–H groups in total. The summed E-state index contributed by atoms with van der Waals surface area (Å²) in [5, 5.41) is 0. The predicted octanol–water partition coefficient (Wildman–Crippen LogP) is -2.91. The molecule has 3 radical (unpaired) electrons. The summed E-state index contributed by atoms with van der Waals surface area (Å²) >= 11 is 0. The zero-order chi connectivity index (χ0) is 3.54. The summed E-state index contributed by atoms with van der Waals surface area (Å²) in [5.41, 5.74) is 0. The van der Waals surface area contributed by atoms with Crippen LogP contribution in [0.15, 0.2) is 0 Å². The van der Waals surface area contributed by atoms with Gasteiger partial charge >= 0.3 is 18.9 Å². The number of ether oxygens (including phenoxy) is 1. The zero-order valence-electron chi connectivity index (χ0n) is 7.64. The molecule has 0 spiro atoms. The SMILES string of the molecule is C1CCOC1.Cl.N.N.[AlH3].[B].[H-].[Li+]. The number of hydrogen-bond donors (Lipinski definition) is 2. The second kappa shape index (κ2) is 30.1. The monoisotopic (exact) mass is 191 g/mol. The molecule has 0 aliphatic carbocycles. The van der Waals surface area contributed by atoms with Crippen LogP contribution in [-0.2, 0) is 4.74 Å². The third kappa shape index (κ3) is 24.6. The van der Waals surface area contributed by atoms with Gasteiger partial charge in [0.15, 0.2) is 17.4 Å². The number of rotatable bonds is 0. The Hall–Kier alpha value is 1.36. The van der Waals surface area contributed by atoms with Crippen LogP contribution in [0.4, 0.5) is 0 Å². The van der Waals surface area contributed by atoms with Crippen molar-refractivity contribution < 1.29 is 25.0 Å². The minimum atomic E-state index is 0. The Bertz CT molecular complexity index is 44.6. The molecule has 11 heavy (non-hydrogen) atoms. The Morgan fingerprint density at radius 2 is 1.27 bits per heavy atom. The number of hydrogen-bond acceptors (Lipinski definition) is 3. The van der Waals surface area contributed by atoms with Gasteiger partial charge in [-0.1, -0.05) is 0 Å². The molecule has 0 amide bonds. The van der Waals surface area contributed by atoms with Crippen LogP contribution in [0.25, 0.3) is 0 Å². The van der Waals surface area contributed by atoms with Gasteiger partial charge < -0.3 is 18.5 Å². The standard InChI is InChI=1S/C4H8O.Al.B.ClH.Li.2H3N.4H/c1-2-4-5-3-1;;;;;;;;;;/h1-4H2;;;1H;;2*1H3;;;;/q;;;;+1;;;;;;-1. The van der Waals surface area contributed by atoms with Crippen molar-refractivity contribution in [2.75, 3.05) is 13.2 Å². The molecule has 0 bridgehead atoms. The summed E-state index contributed by atoms with van der Waals surface area (Å²) in [4.78, 5) is 0. The van der Waals surface area contributed by atoms with E-state index in [0.717, 1.165) is 13.2 Å². The van der Waals surface area contributed by atoms with Crippen LogP contribution >= 0.6 is 12.4 Å². The first-order valence-electron chi connectivity index (χ1n) is 2.08. The van der Waals surface area contributed by atoms with Crippen molar-refractivity contribution >= 4 is 38.2 Å². The Morgan fingerprint density at radius 3 is 1.36 bits per heavy atom. The molecule has 1 rings (SSSR count). The fourth-order valence-electron chi connectivity index (χ4n) is 0.510. The smallest absolute Gasteiger partial charge is 1.00 e. The fourth-order valence-corrected chi connectivity index (χ4v) is 0.510. The summed E-state index contributed by atoms with van der Waals surface area (Å²) in [5.74, 6) is 0. The molecule has 1 aliphatic rings. The van der Waals surface area contributed by atoms with E-state index < -0.39 is 0 Å². The molecule has 1 fully saturated rings. The van der Waals surface area contributed by atoms with Gasteiger partial charge in [-0.25, -0.2) is 0 Å². The molecule has 1 heterocycles. The predicted molar refractivity (Wildman–Crippen MR) is 54.2 cm³/mol. The van der Waals surface area contributed by atoms with Gasteiger partial charge in [0.25, 0.3) is 0 Å². The summed E-state index contributed by atoms with van der Waals surface area (Å²) in [6.07, 6.45) is 2.56. The van der Waals surface area contributed by atoms with E-state index in [4.69, 9.17) is 4.74 Å². The Labute approximate surface area is 101 Å². The van der Waals surface area contributed by atoms with E-state index in [1.54, 1.807) is 0 Å². The Morgan fingerprint density at radius 1 is 1.00 bits per heavy atom. The minimum absolute atomic E-state index is 0. The van der Waals surface area contributed by atoms with Crippen molar-refractivity contribution in [3.8, 4) is 0 Å². The second-order valence-corrected chi connectivity index (χ2v) is 1.32. The van der Waals surface area contributed by atoms with Crippen LogP contribution in [0, 0.1) is 0 Å². The van der Waals surface area contributed by atoms with Crippen molar-refractivity contribution in [3.05, 3.63) is 0 Å². The van der Waals surface area contributed by atoms with Crippen LogP contribution in [0.2, 0.25) is 0 Å². The topological polar surface area (TPSA) is 79.2 Å². The molecule has 1 saturated heterocycles. The van der Waals surface area contributed by atoms with E-state index in [1.807, 2.05) is 0 Å². The summed E-state index contributed by atoms with van der Waals surface area (Å²) in [7, 11) is 0. The maximum absolute atomic E-state index is 4.94. The van der Waals surface area contributed by atoms with Gasteiger partial charge in [-0.2, -0.15) is 0 Å². The Kier molecular flexibility index (Phi) is 108. The van der Waals surface area contributed by atoms with Crippen LogP contribution in [0.1, 0.15) is 14.3 Å². The summed E-state index contributed by atoms with van der Waals surface area (Å²) < 4.78 is 4.94. The molecular weight excluding hydrogens is 172 g/mol. The first-order valence-corrected chi connectivity index (χ1v) is 2.08. The van der Waals surface area contributed by atoms with Crippen LogP contribution in [-0.4, -0.2) is 39.0 Å². The van der Waals surface area contributed by atoms with E-state index in [1.165, 1.54) is 12.8 Å². The fraction of sp³-hybridized carbons (Fsp3) is 1.00. The first-order chi connectivity index (χ1) is 2.50. The third-order valence-electron chi connectivity index (χ3n) is 0.827. The molecule has 0 atom stereocenters. The number of halogens is 1. The quantitative estimate of drug-likeness (QED) is 0.403. The van der Waals surface area contributed by atoms with Crippen molar-refractivity contribution in [2.24, 2.45) is 0 Å². The molecule has 3 nitrogen and oxygen atoms in total. The van der Waals surface area contributed by atoms with Crippen molar-refractivity contribution in [2.45, 2.75) is 12.8 Å². The maximum atomic E-state index is 4.94. The van der Waals surface area contributed by atoms with Gasteiger partial charge in [-0.05, 0) is 12.8 Å². The van der Waals surface area contributed by atoms with E-state index in [-0.39, 0.29) is 70.8 Å². The van der Waals surface area contributed by atoms with Crippen LogP contribution < -0.4 is 31.2 Å². The first kappa shape index (κ1) is 39.4. The van der Waals surface area contributed by atoms with E-state index in [2.05, 4.69) is 0 Å². The maximum Gasteiger partial charge on any atom is 1.00 e. The molecule has 0 saturated carbocycles. The van der Waals surface area contributed by atoms with E-state index in [9.17, 15) is 0 Å².